The van der Waals surface area contributed by atoms with Gasteiger partial charge in [-0.15, -0.1) is 0 Å². The van der Waals surface area contributed by atoms with E-state index in [0.29, 0.717) is 35.5 Å². The zero-order valence-corrected chi connectivity index (χ0v) is 14.4. The number of hydrogen-bond donors (Lipinski definition) is 2. The van der Waals surface area contributed by atoms with Crippen LogP contribution in [0.3, 0.4) is 0 Å². The van der Waals surface area contributed by atoms with Crippen LogP contribution in [-0.4, -0.2) is 39.8 Å². The van der Waals surface area contributed by atoms with Gasteiger partial charge < -0.3 is 15.1 Å². The maximum atomic E-state index is 12.5. The van der Waals surface area contributed by atoms with Crippen molar-refractivity contribution in [2.45, 2.75) is 39.2 Å². The summed E-state index contributed by atoms with van der Waals surface area (Å²) in [5.74, 6) is -0.283. The van der Waals surface area contributed by atoms with E-state index in [1.807, 2.05) is 13.8 Å². The van der Waals surface area contributed by atoms with Crippen molar-refractivity contribution in [1.29, 1.82) is 0 Å². The molecular formula is C17H20N4O4. The highest BCUT2D eigenvalue weighted by atomic mass is 16.3. The molecule has 25 heavy (non-hydrogen) atoms. The number of fused-ring (bicyclic) bond motifs is 1. The van der Waals surface area contributed by atoms with Crippen LogP contribution in [0.15, 0.2) is 22.6 Å². The first-order chi connectivity index (χ1) is 11.9. The average molecular weight is 344 g/mol. The smallest absolute Gasteiger partial charge is 0.325 e. The molecule has 1 aliphatic rings. The number of hydrogen-bond acceptors (Lipinski definition) is 5. The van der Waals surface area contributed by atoms with Gasteiger partial charge in [-0.25, -0.2) is 9.78 Å². The summed E-state index contributed by atoms with van der Waals surface area (Å²) in [7, 11) is 0. The molecular weight excluding hydrogens is 324 g/mol. The monoisotopic (exact) mass is 344 g/mol. The van der Waals surface area contributed by atoms with Gasteiger partial charge in [0.2, 0.25) is 5.91 Å². The number of aryl methyl sites for hydroxylation is 1. The highest BCUT2D eigenvalue weighted by Gasteiger charge is 2.49. The fraction of sp³-hybridized carbons (Fsp3) is 0.412. The van der Waals surface area contributed by atoms with Crippen LogP contribution in [0.2, 0.25) is 0 Å². The number of anilines is 1. The van der Waals surface area contributed by atoms with Crippen LogP contribution in [0.25, 0.3) is 11.1 Å². The molecule has 2 heterocycles. The molecule has 2 N–H and O–H groups in total. The molecule has 3 rings (SSSR count). The fourth-order valence-corrected chi connectivity index (χ4v) is 3.01. The number of oxazole rings is 1. The Morgan fingerprint density at radius 2 is 2.04 bits per heavy atom. The van der Waals surface area contributed by atoms with Crippen molar-refractivity contribution in [3.8, 4) is 0 Å². The zero-order chi connectivity index (χ0) is 18.2. The Bertz CT molecular complexity index is 853. The first-order valence-electron chi connectivity index (χ1n) is 8.19. The van der Waals surface area contributed by atoms with E-state index in [4.69, 9.17) is 4.42 Å². The largest absolute Gasteiger partial charge is 0.441 e. The van der Waals surface area contributed by atoms with Crippen LogP contribution >= 0.6 is 0 Å². The molecule has 0 atom stereocenters. The number of rotatable bonds is 5. The molecule has 1 saturated heterocycles. The third kappa shape index (κ3) is 2.95. The molecule has 1 aromatic carbocycles. The van der Waals surface area contributed by atoms with E-state index in [1.54, 1.807) is 25.1 Å². The highest BCUT2D eigenvalue weighted by molar-refractivity contribution is 6.10. The Hall–Kier alpha value is -2.90. The number of imide groups is 1. The molecule has 0 aliphatic carbocycles. The number of benzene rings is 1. The number of amides is 4. The van der Waals surface area contributed by atoms with Gasteiger partial charge in [-0.3, -0.25) is 14.5 Å². The van der Waals surface area contributed by atoms with Gasteiger partial charge in [0.15, 0.2) is 11.5 Å². The number of nitrogens with zero attached hydrogens (tertiary/aromatic N) is 2. The summed E-state index contributed by atoms with van der Waals surface area (Å²) in [4.78, 5) is 42.0. The van der Waals surface area contributed by atoms with E-state index in [9.17, 15) is 14.4 Å². The molecule has 8 heteroatoms. The lowest BCUT2D eigenvalue weighted by Crippen LogP contribution is -2.46. The van der Waals surface area contributed by atoms with Crippen molar-refractivity contribution < 1.29 is 18.8 Å². The van der Waals surface area contributed by atoms with Crippen molar-refractivity contribution in [2.75, 3.05) is 11.9 Å². The first-order valence-corrected chi connectivity index (χ1v) is 8.19. The lowest BCUT2D eigenvalue weighted by atomic mass is 9.93. The summed E-state index contributed by atoms with van der Waals surface area (Å²) in [5, 5.41) is 5.37. The Kier molecular flexibility index (Phi) is 4.20. The maximum Gasteiger partial charge on any atom is 0.325 e. The molecule has 1 aliphatic heterocycles. The number of aromatic nitrogens is 1. The predicted octanol–water partition coefficient (Wildman–Crippen LogP) is 2.19. The minimum absolute atomic E-state index is 0.333. The Morgan fingerprint density at radius 3 is 2.68 bits per heavy atom. The third-order valence-corrected chi connectivity index (χ3v) is 4.53. The summed E-state index contributed by atoms with van der Waals surface area (Å²) in [6, 6.07) is 4.54. The predicted molar refractivity (Wildman–Crippen MR) is 90.9 cm³/mol. The Morgan fingerprint density at radius 1 is 1.32 bits per heavy atom. The average Bonchev–Trinajstić information content (AvgIpc) is 3.06. The van der Waals surface area contributed by atoms with Crippen LogP contribution in [0.5, 0.6) is 0 Å². The Balaban J connectivity index is 1.71. The standard InChI is InChI=1S/C17H20N4O4/c1-4-17(5-2)15(23)21(16(24)20-17)9-14(22)19-11-6-7-12-13(8-11)25-10(3)18-12/h6-8H,4-5,9H2,1-3H3,(H,19,22)(H,20,24). The lowest BCUT2D eigenvalue weighted by Gasteiger charge is -2.22. The van der Waals surface area contributed by atoms with Crippen molar-refractivity contribution in [3.05, 3.63) is 24.1 Å². The van der Waals surface area contributed by atoms with Crippen molar-refractivity contribution in [2.24, 2.45) is 0 Å². The summed E-state index contributed by atoms with van der Waals surface area (Å²) in [6.45, 7) is 5.07. The van der Waals surface area contributed by atoms with E-state index in [0.717, 1.165) is 4.90 Å². The molecule has 4 amide bonds. The maximum absolute atomic E-state index is 12.5. The normalized spacial score (nSPS) is 16.4. The first kappa shape index (κ1) is 16.9. The summed E-state index contributed by atoms with van der Waals surface area (Å²) in [5.41, 5.74) is 0.854. The van der Waals surface area contributed by atoms with Gasteiger partial charge in [-0.05, 0) is 25.0 Å². The number of nitrogens with one attached hydrogen (secondary N) is 2. The van der Waals surface area contributed by atoms with E-state index in [2.05, 4.69) is 15.6 Å². The van der Waals surface area contributed by atoms with Crippen LogP contribution < -0.4 is 10.6 Å². The lowest BCUT2D eigenvalue weighted by molar-refractivity contribution is -0.134. The zero-order valence-electron chi connectivity index (χ0n) is 14.4. The van der Waals surface area contributed by atoms with E-state index < -0.39 is 17.5 Å². The van der Waals surface area contributed by atoms with Gasteiger partial charge in [-0.2, -0.15) is 0 Å². The molecule has 132 valence electrons. The minimum atomic E-state index is -0.909. The molecule has 0 bridgehead atoms. The minimum Gasteiger partial charge on any atom is -0.441 e. The van der Waals surface area contributed by atoms with Crippen LogP contribution in [0.1, 0.15) is 32.6 Å². The summed E-state index contributed by atoms with van der Waals surface area (Å²) in [6.07, 6.45) is 0.960. The Labute approximate surface area is 144 Å². The van der Waals surface area contributed by atoms with Gasteiger partial charge in [0.1, 0.15) is 17.6 Å². The van der Waals surface area contributed by atoms with Crippen LogP contribution in [0.4, 0.5) is 10.5 Å². The van der Waals surface area contributed by atoms with Gasteiger partial charge in [0, 0.05) is 18.7 Å². The molecule has 0 spiro atoms. The van der Waals surface area contributed by atoms with Crippen molar-refractivity contribution in [3.63, 3.8) is 0 Å². The van der Waals surface area contributed by atoms with E-state index in [-0.39, 0.29) is 12.5 Å². The van der Waals surface area contributed by atoms with E-state index in [1.165, 1.54) is 0 Å². The third-order valence-electron chi connectivity index (χ3n) is 4.53. The fourth-order valence-electron chi connectivity index (χ4n) is 3.01. The second-order valence-electron chi connectivity index (χ2n) is 6.07. The topological polar surface area (TPSA) is 105 Å². The van der Waals surface area contributed by atoms with Crippen LogP contribution in [0, 0.1) is 6.92 Å². The highest BCUT2D eigenvalue weighted by Crippen LogP contribution is 2.25. The molecule has 8 nitrogen and oxygen atoms in total. The summed E-state index contributed by atoms with van der Waals surface area (Å²) >= 11 is 0. The quantitative estimate of drug-likeness (QED) is 0.809. The van der Waals surface area contributed by atoms with Gasteiger partial charge in [-0.1, -0.05) is 13.8 Å². The van der Waals surface area contributed by atoms with Crippen LogP contribution in [-0.2, 0) is 9.59 Å². The SMILES string of the molecule is CCC1(CC)NC(=O)N(CC(=O)Nc2ccc3nc(C)oc3c2)C1=O. The number of carbonyl (C=O) groups excluding carboxylic acids is 3. The molecule has 0 unspecified atom stereocenters. The van der Waals surface area contributed by atoms with Gasteiger partial charge >= 0.3 is 6.03 Å². The molecule has 1 aromatic heterocycles. The number of urea groups is 1. The van der Waals surface area contributed by atoms with Crippen molar-refractivity contribution >= 4 is 34.6 Å². The van der Waals surface area contributed by atoms with Gasteiger partial charge in [0.05, 0.1) is 0 Å². The van der Waals surface area contributed by atoms with Gasteiger partial charge in [0.25, 0.3) is 5.91 Å². The molecule has 2 aromatic rings. The van der Waals surface area contributed by atoms with Crippen molar-refractivity contribution in [1.82, 2.24) is 15.2 Å². The molecule has 0 radical (unpaired) electrons. The second-order valence-corrected chi connectivity index (χ2v) is 6.07. The molecule has 1 fully saturated rings. The summed E-state index contributed by atoms with van der Waals surface area (Å²) < 4.78 is 5.42. The second kappa shape index (κ2) is 6.19. The van der Waals surface area contributed by atoms with E-state index >= 15 is 0 Å². The molecule has 0 saturated carbocycles. The number of carbonyl (C=O) groups is 3.